The van der Waals surface area contributed by atoms with Gasteiger partial charge < -0.3 is 0 Å². The Morgan fingerprint density at radius 2 is 2.06 bits per heavy atom. The third-order valence-corrected chi connectivity index (χ3v) is 2.81. The number of aliphatic imine (C=N–C) groups is 1. The van der Waals surface area contributed by atoms with Crippen LogP contribution < -0.4 is 0 Å². The fourth-order valence-corrected chi connectivity index (χ4v) is 2.23. The molecule has 1 aliphatic carbocycles. The van der Waals surface area contributed by atoms with E-state index in [1.807, 2.05) is 12.1 Å². The Balaban J connectivity index is 3.06. The van der Waals surface area contributed by atoms with Crippen molar-refractivity contribution in [2.75, 3.05) is 6.54 Å². The van der Waals surface area contributed by atoms with Crippen molar-refractivity contribution >= 4 is 5.71 Å². The SMILES string of the molecule is C=CCN=C1CC(=C(C#N)C#N)CC(C)(C)C1. The van der Waals surface area contributed by atoms with Crippen molar-refractivity contribution in [2.45, 2.75) is 33.1 Å². The zero-order chi connectivity index (χ0) is 12.9. The summed E-state index contributed by atoms with van der Waals surface area (Å²) >= 11 is 0. The van der Waals surface area contributed by atoms with Gasteiger partial charge in [0.2, 0.25) is 0 Å². The van der Waals surface area contributed by atoms with Crippen molar-refractivity contribution in [3.63, 3.8) is 0 Å². The Bertz CT molecular complexity index is 437. The summed E-state index contributed by atoms with van der Waals surface area (Å²) in [5.74, 6) is 0. The molecular weight excluding hydrogens is 210 g/mol. The van der Waals surface area contributed by atoms with Crippen LogP contribution in [0.1, 0.15) is 33.1 Å². The summed E-state index contributed by atoms with van der Waals surface area (Å²) in [5.41, 5.74) is 2.32. The topological polar surface area (TPSA) is 59.9 Å². The molecule has 0 radical (unpaired) electrons. The number of nitrogens with zero attached hydrogens (tertiary/aromatic N) is 3. The van der Waals surface area contributed by atoms with E-state index in [2.05, 4.69) is 25.4 Å². The highest BCUT2D eigenvalue weighted by Gasteiger charge is 2.29. The molecule has 0 spiro atoms. The smallest absolute Gasteiger partial charge is 0.129 e. The van der Waals surface area contributed by atoms with Crippen LogP contribution in [0.2, 0.25) is 0 Å². The van der Waals surface area contributed by atoms with Gasteiger partial charge in [-0.15, -0.1) is 6.58 Å². The summed E-state index contributed by atoms with van der Waals surface area (Å²) in [6.07, 6.45) is 4.15. The van der Waals surface area contributed by atoms with Crippen molar-refractivity contribution in [2.24, 2.45) is 10.4 Å². The maximum absolute atomic E-state index is 8.92. The summed E-state index contributed by atoms with van der Waals surface area (Å²) in [6.45, 7) is 8.53. The first-order valence-corrected chi connectivity index (χ1v) is 5.67. The van der Waals surface area contributed by atoms with E-state index in [0.717, 1.165) is 24.1 Å². The lowest BCUT2D eigenvalue weighted by atomic mass is 9.73. The van der Waals surface area contributed by atoms with Gasteiger partial charge in [0.25, 0.3) is 0 Å². The number of hydrogen-bond donors (Lipinski definition) is 0. The fraction of sp³-hybridized carbons (Fsp3) is 0.500. The molecule has 17 heavy (non-hydrogen) atoms. The van der Waals surface area contributed by atoms with Crippen molar-refractivity contribution in [3.8, 4) is 12.1 Å². The molecule has 0 atom stereocenters. The molecule has 1 aliphatic rings. The summed E-state index contributed by atoms with van der Waals surface area (Å²) in [4.78, 5) is 4.44. The predicted octanol–water partition coefficient (Wildman–Crippen LogP) is 3.17. The third kappa shape index (κ3) is 3.57. The molecule has 0 amide bonds. The van der Waals surface area contributed by atoms with E-state index < -0.39 is 0 Å². The highest BCUT2D eigenvalue weighted by molar-refractivity contribution is 5.89. The van der Waals surface area contributed by atoms with Crippen LogP contribution in [0.15, 0.2) is 28.8 Å². The first kappa shape index (κ1) is 13.2. The number of rotatable bonds is 2. The van der Waals surface area contributed by atoms with E-state index in [1.54, 1.807) is 6.08 Å². The second-order valence-electron chi connectivity index (χ2n) is 5.09. The lowest BCUT2D eigenvalue weighted by molar-refractivity contribution is 0.361. The summed E-state index contributed by atoms with van der Waals surface area (Å²) in [6, 6.07) is 3.96. The highest BCUT2D eigenvalue weighted by atomic mass is 14.7. The predicted molar refractivity (Wildman–Crippen MR) is 68.4 cm³/mol. The maximum Gasteiger partial charge on any atom is 0.129 e. The van der Waals surface area contributed by atoms with Gasteiger partial charge >= 0.3 is 0 Å². The van der Waals surface area contributed by atoms with Crippen molar-refractivity contribution in [3.05, 3.63) is 23.8 Å². The minimum Gasteiger partial charge on any atom is -0.290 e. The minimum atomic E-state index is 0.0759. The van der Waals surface area contributed by atoms with Crippen LogP contribution in [-0.2, 0) is 0 Å². The van der Waals surface area contributed by atoms with E-state index in [1.165, 1.54) is 0 Å². The molecular formula is C14H17N3. The second-order valence-corrected chi connectivity index (χ2v) is 5.09. The van der Waals surface area contributed by atoms with Gasteiger partial charge in [0, 0.05) is 12.1 Å². The monoisotopic (exact) mass is 227 g/mol. The van der Waals surface area contributed by atoms with Gasteiger partial charge in [0.15, 0.2) is 0 Å². The van der Waals surface area contributed by atoms with E-state index >= 15 is 0 Å². The van der Waals surface area contributed by atoms with Gasteiger partial charge in [-0.2, -0.15) is 10.5 Å². The number of hydrogen-bond acceptors (Lipinski definition) is 3. The normalized spacial score (nSPS) is 20.5. The Morgan fingerprint density at radius 3 is 2.59 bits per heavy atom. The van der Waals surface area contributed by atoms with E-state index in [4.69, 9.17) is 10.5 Å². The van der Waals surface area contributed by atoms with Crippen LogP contribution in [0.4, 0.5) is 0 Å². The van der Waals surface area contributed by atoms with Gasteiger partial charge in [-0.3, -0.25) is 4.99 Å². The Morgan fingerprint density at radius 1 is 1.41 bits per heavy atom. The van der Waals surface area contributed by atoms with Crippen LogP contribution in [0.5, 0.6) is 0 Å². The minimum absolute atomic E-state index is 0.0759. The second kappa shape index (κ2) is 5.46. The van der Waals surface area contributed by atoms with Gasteiger partial charge in [-0.05, 0) is 23.8 Å². The molecule has 88 valence electrons. The lowest BCUT2D eigenvalue weighted by Gasteiger charge is -2.32. The molecule has 1 saturated carbocycles. The van der Waals surface area contributed by atoms with Gasteiger partial charge in [0.1, 0.15) is 17.7 Å². The molecule has 3 heteroatoms. The zero-order valence-electron chi connectivity index (χ0n) is 10.5. The first-order chi connectivity index (χ1) is 8.02. The fourth-order valence-electron chi connectivity index (χ4n) is 2.23. The largest absolute Gasteiger partial charge is 0.290 e. The van der Waals surface area contributed by atoms with Crippen LogP contribution in [-0.4, -0.2) is 12.3 Å². The van der Waals surface area contributed by atoms with Crippen molar-refractivity contribution in [1.29, 1.82) is 10.5 Å². The molecule has 0 aromatic carbocycles. The molecule has 0 aromatic rings. The summed E-state index contributed by atoms with van der Waals surface area (Å²) in [7, 11) is 0. The van der Waals surface area contributed by atoms with Gasteiger partial charge in [-0.1, -0.05) is 19.9 Å². The van der Waals surface area contributed by atoms with Gasteiger partial charge in [-0.25, -0.2) is 0 Å². The number of allylic oxidation sites excluding steroid dienone is 2. The number of nitriles is 2. The van der Waals surface area contributed by atoms with Crippen molar-refractivity contribution in [1.82, 2.24) is 0 Å². The van der Waals surface area contributed by atoms with Gasteiger partial charge in [0.05, 0.1) is 6.54 Å². The molecule has 0 aliphatic heterocycles. The first-order valence-electron chi connectivity index (χ1n) is 5.67. The third-order valence-electron chi connectivity index (χ3n) is 2.81. The van der Waals surface area contributed by atoms with E-state index in [0.29, 0.717) is 13.0 Å². The Labute approximate surface area is 103 Å². The van der Waals surface area contributed by atoms with Crippen LogP contribution in [0, 0.1) is 28.1 Å². The molecule has 1 fully saturated rings. The standard InChI is InChI=1S/C14H17N3/c1-4-5-17-13-6-11(12(9-15)10-16)7-14(2,3)8-13/h4H,1,5-8H2,2-3H3. The van der Waals surface area contributed by atoms with E-state index in [9.17, 15) is 0 Å². The highest BCUT2D eigenvalue weighted by Crippen LogP contribution is 2.38. The van der Waals surface area contributed by atoms with Crippen LogP contribution in [0.25, 0.3) is 0 Å². The molecule has 0 unspecified atom stereocenters. The molecule has 0 saturated heterocycles. The van der Waals surface area contributed by atoms with E-state index in [-0.39, 0.29) is 11.0 Å². The van der Waals surface area contributed by atoms with Crippen LogP contribution in [0.3, 0.4) is 0 Å². The quantitative estimate of drug-likeness (QED) is 0.537. The maximum atomic E-state index is 8.92. The average molecular weight is 227 g/mol. The molecule has 3 nitrogen and oxygen atoms in total. The van der Waals surface area contributed by atoms with Crippen LogP contribution >= 0.6 is 0 Å². The summed E-state index contributed by atoms with van der Waals surface area (Å²) in [5, 5.41) is 17.8. The average Bonchev–Trinajstić information content (AvgIpc) is 2.26. The molecule has 0 N–H and O–H groups in total. The molecule has 1 rings (SSSR count). The molecule has 0 heterocycles. The lowest BCUT2D eigenvalue weighted by Crippen LogP contribution is -2.25. The Hall–Kier alpha value is -1.87. The Kier molecular flexibility index (Phi) is 4.24. The van der Waals surface area contributed by atoms with Crippen molar-refractivity contribution < 1.29 is 0 Å². The summed E-state index contributed by atoms with van der Waals surface area (Å²) < 4.78 is 0. The molecule has 0 aromatic heterocycles. The zero-order valence-corrected chi connectivity index (χ0v) is 10.5. The molecule has 0 bridgehead atoms.